The lowest BCUT2D eigenvalue weighted by molar-refractivity contribution is -0.366. The first-order valence-electron chi connectivity index (χ1n) is 5.43. The molecule has 0 aromatic heterocycles. The lowest BCUT2D eigenvalue weighted by atomic mass is 10.1. The molecule has 0 unspecified atom stereocenters. The number of benzene rings is 2. The molecule has 0 aliphatic heterocycles. The quantitative estimate of drug-likeness (QED) is 0.583. The second-order valence-electron chi connectivity index (χ2n) is 3.57. The Morgan fingerprint density at radius 2 is 1.00 bits per heavy atom. The van der Waals surface area contributed by atoms with Crippen molar-refractivity contribution in [2.75, 3.05) is 0 Å². The number of hydrogen-bond donors (Lipinski definition) is 0. The van der Waals surface area contributed by atoms with Crippen LogP contribution in [0.5, 0.6) is 0 Å². The molecule has 0 radical (unpaired) electrons. The van der Waals surface area contributed by atoms with E-state index in [9.17, 15) is 4.32 Å². The Balaban J connectivity index is 0.000000444. The lowest BCUT2D eigenvalue weighted by Gasteiger charge is -2.09. The van der Waals surface area contributed by atoms with Crippen LogP contribution in [0.25, 0.3) is 21.1 Å². The van der Waals surface area contributed by atoms with Gasteiger partial charge in [0.25, 0.3) is 0 Å². The van der Waals surface area contributed by atoms with E-state index in [1.54, 1.807) is 24.3 Å². The Bertz CT molecular complexity index is 574. The predicted octanol–water partition coefficient (Wildman–Crippen LogP) is 1.98. The molecule has 0 atom stereocenters. The summed E-state index contributed by atoms with van der Waals surface area (Å²) >= 11 is 0. The summed E-state index contributed by atoms with van der Waals surface area (Å²) < 4.78 is 9.89. The van der Waals surface area contributed by atoms with Crippen LogP contribution < -0.4 is 10.0 Å². The summed E-state index contributed by atoms with van der Waals surface area (Å²) in [6, 6.07) is 14.3. The van der Waals surface area contributed by atoms with Crippen LogP contribution in [0.1, 0.15) is 0 Å². The molecular formula is C12H8BFN4O2. The van der Waals surface area contributed by atoms with Crippen molar-refractivity contribution in [2.24, 2.45) is 0 Å². The van der Waals surface area contributed by atoms with E-state index in [2.05, 4.69) is 9.95 Å². The molecule has 0 amide bonds. The molecule has 0 fully saturated rings. The summed E-state index contributed by atoms with van der Waals surface area (Å²) in [4.78, 5) is 6.17. The minimum Gasteiger partial charge on any atom is -0.867 e. The second-order valence-corrected chi connectivity index (χ2v) is 3.57. The van der Waals surface area contributed by atoms with Gasteiger partial charge in [-0.15, -0.1) is 0 Å². The van der Waals surface area contributed by atoms with Gasteiger partial charge < -0.3 is 14.4 Å². The van der Waals surface area contributed by atoms with Crippen molar-refractivity contribution >= 4 is 18.8 Å². The summed E-state index contributed by atoms with van der Waals surface area (Å²) in [5, 5.41) is 33.7. The van der Waals surface area contributed by atoms with E-state index in [1.807, 2.05) is 24.3 Å². The van der Waals surface area contributed by atoms with Gasteiger partial charge in [0, 0.05) is 24.3 Å². The van der Waals surface area contributed by atoms with Gasteiger partial charge in [-0.1, -0.05) is 0 Å². The number of diazo groups is 2. The number of hydrogen-bond acceptors (Lipinski definition) is 4. The third-order valence-corrected chi connectivity index (χ3v) is 2.30. The SMILES string of the molecule is N#[N+]c1ccc(-c2ccc([N+]#N)cc2)cc1.[O-]B([O-])F. The minimum atomic E-state index is -3.17. The summed E-state index contributed by atoms with van der Waals surface area (Å²) in [6.07, 6.45) is 0. The highest BCUT2D eigenvalue weighted by Gasteiger charge is 2.06. The molecule has 0 heterocycles. The highest BCUT2D eigenvalue weighted by molar-refractivity contribution is 6.27. The Hall–Kier alpha value is -2.81. The fourth-order valence-electron chi connectivity index (χ4n) is 1.44. The van der Waals surface area contributed by atoms with E-state index in [4.69, 9.17) is 20.8 Å². The monoisotopic (exact) mass is 270 g/mol. The van der Waals surface area contributed by atoms with Gasteiger partial charge in [-0.2, -0.15) is 0 Å². The summed E-state index contributed by atoms with van der Waals surface area (Å²) in [5.41, 5.74) is 3.06. The maximum atomic E-state index is 9.89. The van der Waals surface area contributed by atoms with Gasteiger partial charge in [-0.25, -0.2) is 0 Å². The van der Waals surface area contributed by atoms with E-state index >= 15 is 0 Å². The van der Waals surface area contributed by atoms with E-state index in [1.165, 1.54) is 0 Å². The van der Waals surface area contributed by atoms with Crippen LogP contribution in [0, 0.1) is 10.8 Å². The molecule has 98 valence electrons. The van der Waals surface area contributed by atoms with Crippen molar-refractivity contribution in [3.63, 3.8) is 0 Å². The molecule has 0 bridgehead atoms. The molecule has 0 saturated carbocycles. The Labute approximate surface area is 114 Å². The fourth-order valence-corrected chi connectivity index (χ4v) is 1.44. The van der Waals surface area contributed by atoms with Gasteiger partial charge in [0.2, 0.25) is 10.8 Å². The molecule has 6 nitrogen and oxygen atoms in total. The van der Waals surface area contributed by atoms with E-state index in [-0.39, 0.29) is 0 Å². The van der Waals surface area contributed by atoms with Crippen LogP contribution >= 0.6 is 0 Å². The Morgan fingerprint density at radius 3 is 1.20 bits per heavy atom. The van der Waals surface area contributed by atoms with Crippen molar-refractivity contribution in [2.45, 2.75) is 0 Å². The number of nitrogens with zero attached hydrogens (tertiary/aromatic N) is 4. The third kappa shape index (κ3) is 4.82. The summed E-state index contributed by atoms with van der Waals surface area (Å²) in [7, 11) is -3.17. The molecule has 2 aromatic carbocycles. The molecule has 0 aliphatic carbocycles. The van der Waals surface area contributed by atoms with Crippen LogP contribution in [0.15, 0.2) is 48.5 Å². The molecule has 0 spiro atoms. The molecule has 0 aliphatic rings. The standard InChI is InChI=1S/C12H8N4.BFO2/c13-15-11-5-1-9(2-6-11)10-3-7-12(16-14)8-4-10;2-1(3)4/h1-8H;/q+2;-2. The van der Waals surface area contributed by atoms with Crippen LogP contribution in [0.3, 0.4) is 0 Å². The summed E-state index contributed by atoms with van der Waals surface area (Å²) in [5.74, 6) is 0. The second kappa shape index (κ2) is 7.59. The fraction of sp³-hybridized carbons (Fsp3) is 0. The van der Waals surface area contributed by atoms with Gasteiger partial charge in [0.05, 0.1) is 0 Å². The zero-order valence-corrected chi connectivity index (χ0v) is 10.2. The smallest absolute Gasteiger partial charge is 0.385 e. The first kappa shape index (κ1) is 15.3. The van der Waals surface area contributed by atoms with E-state index in [0.717, 1.165) is 11.1 Å². The molecule has 8 heteroatoms. The maximum absolute atomic E-state index is 9.89. The topological polar surface area (TPSA) is 102 Å². The number of halogens is 1. The van der Waals surface area contributed by atoms with Gasteiger partial charge in [-0.05, 0) is 35.4 Å². The van der Waals surface area contributed by atoms with Crippen molar-refractivity contribution in [3.8, 4) is 11.1 Å². The van der Waals surface area contributed by atoms with Crippen LogP contribution in [-0.2, 0) is 0 Å². The average Bonchev–Trinajstić information content (AvgIpc) is 2.47. The molecular weight excluding hydrogens is 262 g/mol. The third-order valence-electron chi connectivity index (χ3n) is 2.30. The maximum Gasteiger partial charge on any atom is 0.385 e. The highest BCUT2D eigenvalue weighted by Crippen LogP contribution is 2.24. The lowest BCUT2D eigenvalue weighted by Crippen LogP contribution is -2.39. The van der Waals surface area contributed by atoms with E-state index in [0.29, 0.717) is 11.4 Å². The summed E-state index contributed by atoms with van der Waals surface area (Å²) in [6.45, 7) is 0. The molecule has 20 heavy (non-hydrogen) atoms. The first-order valence-corrected chi connectivity index (χ1v) is 5.43. The number of rotatable bonds is 1. The van der Waals surface area contributed by atoms with Gasteiger partial charge in [0.15, 0.2) is 9.95 Å². The van der Waals surface area contributed by atoms with Crippen molar-refractivity contribution < 1.29 is 14.4 Å². The van der Waals surface area contributed by atoms with Crippen LogP contribution in [-0.4, -0.2) is 7.40 Å². The van der Waals surface area contributed by atoms with Crippen molar-refractivity contribution in [1.29, 1.82) is 10.8 Å². The Morgan fingerprint density at radius 1 is 0.750 bits per heavy atom. The highest BCUT2D eigenvalue weighted by atomic mass is 19.1. The minimum absolute atomic E-state index is 0.519. The average molecular weight is 270 g/mol. The first-order chi connectivity index (χ1) is 9.56. The largest absolute Gasteiger partial charge is 0.867 e. The van der Waals surface area contributed by atoms with Crippen LogP contribution in [0.4, 0.5) is 15.7 Å². The van der Waals surface area contributed by atoms with Gasteiger partial charge in [0.1, 0.15) is 7.40 Å². The zero-order valence-electron chi connectivity index (χ0n) is 10.2. The van der Waals surface area contributed by atoms with Gasteiger partial charge >= 0.3 is 11.4 Å². The molecule has 0 saturated heterocycles. The molecule has 2 aromatic rings. The zero-order chi connectivity index (χ0) is 15.0. The Kier molecular flexibility index (Phi) is 5.79. The molecule has 0 N–H and O–H groups in total. The predicted molar refractivity (Wildman–Crippen MR) is 68.2 cm³/mol. The van der Waals surface area contributed by atoms with Crippen molar-refractivity contribution in [1.82, 2.24) is 0 Å². The molecule has 2 rings (SSSR count). The van der Waals surface area contributed by atoms with Crippen LogP contribution in [0.2, 0.25) is 0 Å². The van der Waals surface area contributed by atoms with E-state index < -0.39 is 7.40 Å². The van der Waals surface area contributed by atoms with Crippen molar-refractivity contribution in [3.05, 3.63) is 58.5 Å². The normalized spacial score (nSPS) is 8.65. The van der Waals surface area contributed by atoms with Gasteiger partial charge in [-0.3, -0.25) is 0 Å².